The van der Waals surface area contributed by atoms with E-state index < -0.39 is 30.2 Å². The van der Waals surface area contributed by atoms with Gasteiger partial charge in [0.15, 0.2) is 0 Å². The van der Waals surface area contributed by atoms with E-state index in [1.165, 1.54) is 0 Å². The number of nitrogens with zero attached hydrogens (tertiary/aromatic N) is 1. The van der Waals surface area contributed by atoms with Crippen molar-refractivity contribution in [3.8, 4) is 0 Å². The Balaban J connectivity index is 1.89. The average Bonchev–Trinajstić information content (AvgIpc) is 3.10. The molecule has 3 N–H and O–H groups in total. The van der Waals surface area contributed by atoms with Crippen LogP contribution in [-0.2, 0) is 20.9 Å². The third-order valence-corrected chi connectivity index (χ3v) is 5.43. The topological polar surface area (TPSA) is 108 Å². The highest BCUT2D eigenvalue weighted by Crippen LogP contribution is 2.15. The average molecular weight is 448 g/mol. The van der Waals surface area contributed by atoms with E-state index in [4.69, 9.17) is 4.74 Å². The van der Waals surface area contributed by atoms with Gasteiger partial charge < -0.3 is 25.4 Å². The number of likely N-dealkylation sites (tertiary alicyclic amines) is 1. The van der Waals surface area contributed by atoms with E-state index >= 15 is 0 Å². The fourth-order valence-electron chi connectivity index (χ4n) is 3.60. The molecule has 3 atom stereocenters. The van der Waals surface area contributed by atoms with E-state index in [0.717, 1.165) is 12.0 Å². The molecular formula is C24H37N3O5. The normalized spacial score (nSPS) is 19.2. The summed E-state index contributed by atoms with van der Waals surface area (Å²) in [5.74, 6) is 0.168. The van der Waals surface area contributed by atoms with Crippen LogP contribution in [-0.4, -0.2) is 59.2 Å². The van der Waals surface area contributed by atoms with Crippen LogP contribution < -0.4 is 10.6 Å². The number of carbonyl (C=O) groups is 3. The maximum absolute atomic E-state index is 12.9. The number of aliphatic hydroxyl groups is 1. The van der Waals surface area contributed by atoms with Gasteiger partial charge in [0.25, 0.3) is 0 Å². The largest absolute Gasteiger partial charge is 0.445 e. The zero-order chi connectivity index (χ0) is 23.7. The Morgan fingerprint density at radius 3 is 2.41 bits per heavy atom. The van der Waals surface area contributed by atoms with Crippen LogP contribution in [0.4, 0.5) is 4.79 Å². The molecule has 1 saturated heterocycles. The third kappa shape index (κ3) is 8.49. The lowest BCUT2D eigenvalue weighted by atomic mass is 10.0. The van der Waals surface area contributed by atoms with Gasteiger partial charge in [-0.3, -0.25) is 9.59 Å². The lowest BCUT2D eigenvalue weighted by Crippen LogP contribution is -2.53. The van der Waals surface area contributed by atoms with Gasteiger partial charge in [-0.1, -0.05) is 58.0 Å². The predicted octanol–water partition coefficient (Wildman–Crippen LogP) is 2.45. The minimum absolute atomic E-state index is 0.0177. The summed E-state index contributed by atoms with van der Waals surface area (Å²) in [7, 11) is 0. The number of amides is 3. The molecule has 2 unspecified atom stereocenters. The van der Waals surface area contributed by atoms with Gasteiger partial charge in [-0.25, -0.2) is 4.79 Å². The van der Waals surface area contributed by atoms with Crippen molar-refractivity contribution < 1.29 is 24.2 Å². The first kappa shape index (κ1) is 25.6. The number of carbonyl (C=O) groups excluding carboxylic acids is 3. The van der Waals surface area contributed by atoms with Crippen LogP contribution >= 0.6 is 0 Å². The summed E-state index contributed by atoms with van der Waals surface area (Å²) in [4.78, 5) is 39.1. The fraction of sp³-hybridized carbons (Fsp3) is 0.625. The molecule has 0 aliphatic carbocycles. The van der Waals surface area contributed by atoms with Crippen molar-refractivity contribution in [2.24, 2.45) is 11.8 Å². The van der Waals surface area contributed by atoms with Gasteiger partial charge >= 0.3 is 6.09 Å². The monoisotopic (exact) mass is 447 g/mol. The van der Waals surface area contributed by atoms with E-state index in [1.807, 2.05) is 44.2 Å². The van der Waals surface area contributed by atoms with Crippen LogP contribution in [0, 0.1) is 11.8 Å². The van der Waals surface area contributed by atoms with E-state index in [1.54, 1.807) is 4.90 Å². The number of alkyl carbamates (subject to hydrolysis) is 1. The molecule has 0 saturated carbocycles. The fourth-order valence-corrected chi connectivity index (χ4v) is 3.60. The molecule has 0 radical (unpaired) electrons. The first-order valence-electron chi connectivity index (χ1n) is 11.4. The minimum atomic E-state index is -0.841. The summed E-state index contributed by atoms with van der Waals surface area (Å²) >= 11 is 0. The van der Waals surface area contributed by atoms with Gasteiger partial charge in [0.2, 0.25) is 11.8 Å². The second kappa shape index (κ2) is 12.4. The molecule has 1 aliphatic heterocycles. The van der Waals surface area contributed by atoms with Crippen molar-refractivity contribution in [2.75, 3.05) is 13.1 Å². The van der Waals surface area contributed by atoms with Crippen molar-refractivity contribution in [1.29, 1.82) is 0 Å². The lowest BCUT2D eigenvalue weighted by molar-refractivity contribution is -0.131. The number of ether oxygens (including phenoxy) is 1. The van der Waals surface area contributed by atoms with Gasteiger partial charge in [-0.05, 0) is 30.2 Å². The van der Waals surface area contributed by atoms with Crippen molar-refractivity contribution in [2.45, 2.75) is 71.8 Å². The lowest BCUT2D eigenvalue weighted by Gasteiger charge is -2.23. The Bertz CT molecular complexity index is 753. The molecule has 0 aromatic heterocycles. The van der Waals surface area contributed by atoms with Crippen LogP contribution in [0.2, 0.25) is 0 Å². The summed E-state index contributed by atoms with van der Waals surface area (Å²) in [6.45, 7) is 8.59. The van der Waals surface area contributed by atoms with Crippen molar-refractivity contribution >= 4 is 17.9 Å². The first-order valence-corrected chi connectivity index (χ1v) is 11.4. The Labute approximate surface area is 190 Å². The van der Waals surface area contributed by atoms with Gasteiger partial charge in [-0.15, -0.1) is 0 Å². The molecule has 1 aromatic carbocycles. The van der Waals surface area contributed by atoms with Crippen molar-refractivity contribution in [3.63, 3.8) is 0 Å². The summed E-state index contributed by atoms with van der Waals surface area (Å²) in [6, 6.07) is 7.93. The van der Waals surface area contributed by atoms with Crippen LogP contribution in [0.15, 0.2) is 30.3 Å². The van der Waals surface area contributed by atoms with Gasteiger partial charge in [0, 0.05) is 19.5 Å². The van der Waals surface area contributed by atoms with Crippen molar-refractivity contribution in [3.05, 3.63) is 35.9 Å². The number of benzene rings is 1. The highest BCUT2D eigenvalue weighted by Gasteiger charge is 2.36. The highest BCUT2D eigenvalue weighted by molar-refractivity contribution is 5.86. The second-order valence-corrected chi connectivity index (χ2v) is 9.30. The molecule has 32 heavy (non-hydrogen) atoms. The van der Waals surface area contributed by atoms with Crippen LogP contribution in [0.25, 0.3) is 0 Å². The minimum Gasteiger partial charge on any atom is -0.445 e. The van der Waals surface area contributed by atoms with Crippen LogP contribution in [0.1, 0.15) is 52.5 Å². The number of hydrogen-bond acceptors (Lipinski definition) is 5. The standard InChI is InChI=1S/C24H37N3O5/c1-16(2)10-11-22(29)27-13-20(21(28)14-27)25-23(30)19(12-17(3)4)26-24(31)32-15-18-8-6-5-7-9-18/h5-9,16-17,19-21,28H,10-15H2,1-4H3,(H,25,30)(H,26,31)/t19-,20?,21?/m0/s1. The first-order chi connectivity index (χ1) is 15.2. The molecule has 3 amide bonds. The summed E-state index contributed by atoms with van der Waals surface area (Å²) < 4.78 is 5.24. The number of nitrogens with one attached hydrogen (secondary N) is 2. The Kier molecular flexibility index (Phi) is 9.97. The zero-order valence-electron chi connectivity index (χ0n) is 19.5. The summed E-state index contributed by atoms with van der Waals surface area (Å²) in [6.07, 6.45) is 0.120. The molecule has 1 aromatic rings. The number of aliphatic hydroxyl groups excluding tert-OH is 1. The SMILES string of the molecule is CC(C)CCC(=O)N1CC(O)C(NC(=O)[C@H](CC(C)C)NC(=O)OCc2ccccc2)C1. The molecular weight excluding hydrogens is 410 g/mol. The quantitative estimate of drug-likeness (QED) is 0.511. The van der Waals surface area contributed by atoms with E-state index in [2.05, 4.69) is 24.5 Å². The molecule has 1 heterocycles. The maximum atomic E-state index is 12.9. The second-order valence-electron chi connectivity index (χ2n) is 9.30. The van der Waals surface area contributed by atoms with Crippen LogP contribution in [0.5, 0.6) is 0 Å². The Hall–Kier alpha value is -2.61. The number of rotatable bonds is 10. The van der Waals surface area contributed by atoms with E-state index in [9.17, 15) is 19.5 Å². The van der Waals surface area contributed by atoms with Crippen molar-refractivity contribution in [1.82, 2.24) is 15.5 Å². The molecule has 2 rings (SSSR count). The summed E-state index contributed by atoms with van der Waals surface area (Å²) in [5.41, 5.74) is 0.851. The van der Waals surface area contributed by atoms with E-state index in [-0.39, 0.29) is 31.5 Å². The molecule has 8 heteroatoms. The molecule has 178 valence electrons. The van der Waals surface area contributed by atoms with Gasteiger partial charge in [-0.2, -0.15) is 0 Å². The van der Waals surface area contributed by atoms with Crippen LogP contribution in [0.3, 0.4) is 0 Å². The molecule has 0 bridgehead atoms. The number of β-amino-alcohol motifs (C(OH)–C–C–N with tert-alkyl or cyclic N) is 1. The maximum Gasteiger partial charge on any atom is 0.408 e. The Morgan fingerprint density at radius 1 is 1.09 bits per heavy atom. The third-order valence-electron chi connectivity index (χ3n) is 5.43. The molecule has 1 fully saturated rings. The molecule has 0 spiro atoms. The van der Waals surface area contributed by atoms with Gasteiger partial charge in [0.05, 0.1) is 12.1 Å². The molecule has 8 nitrogen and oxygen atoms in total. The summed E-state index contributed by atoms with van der Waals surface area (Å²) in [5, 5.41) is 15.8. The molecule has 1 aliphatic rings. The smallest absolute Gasteiger partial charge is 0.408 e. The highest BCUT2D eigenvalue weighted by atomic mass is 16.5. The van der Waals surface area contributed by atoms with E-state index in [0.29, 0.717) is 18.8 Å². The predicted molar refractivity (Wildman–Crippen MR) is 122 cm³/mol. The van der Waals surface area contributed by atoms with Gasteiger partial charge in [0.1, 0.15) is 12.6 Å². The Morgan fingerprint density at radius 2 is 1.78 bits per heavy atom. The zero-order valence-corrected chi connectivity index (χ0v) is 19.5. The number of hydrogen-bond donors (Lipinski definition) is 3.